The summed E-state index contributed by atoms with van der Waals surface area (Å²) in [5.74, 6) is 3.32. The molecule has 0 amide bonds. The molecule has 3 aromatic carbocycles. The summed E-state index contributed by atoms with van der Waals surface area (Å²) in [6.45, 7) is 2.54. The molecule has 0 unspecified atom stereocenters. The van der Waals surface area contributed by atoms with E-state index >= 15 is 0 Å². The lowest BCUT2D eigenvalue weighted by atomic mass is 9.91. The molecule has 5 nitrogen and oxygen atoms in total. The first-order valence-electron chi connectivity index (χ1n) is 11.2. The Balaban J connectivity index is 1.14. The summed E-state index contributed by atoms with van der Waals surface area (Å²) in [4.78, 5) is 0. The Morgan fingerprint density at radius 2 is 1.81 bits per heavy atom. The van der Waals surface area contributed by atoms with E-state index < -0.39 is 0 Å². The van der Waals surface area contributed by atoms with E-state index in [1.807, 2.05) is 18.2 Å². The Bertz CT molecular complexity index is 1060. The number of aryl methyl sites for hydroxylation is 2. The van der Waals surface area contributed by atoms with Crippen LogP contribution in [0.2, 0.25) is 0 Å². The van der Waals surface area contributed by atoms with E-state index in [0.717, 1.165) is 46.6 Å². The smallest absolute Gasteiger partial charge is 0.169 e. The van der Waals surface area contributed by atoms with Crippen LogP contribution in [0.1, 0.15) is 24.0 Å². The highest BCUT2D eigenvalue weighted by Crippen LogP contribution is 2.37. The molecule has 2 aliphatic rings. The second-order valence-corrected chi connectivity index (χ2v) is 8.20. The van der Waals surface area contributed by atoms with Gasteiger partial charge in [-0.25, -0.2) is 0 Å². The lowest BCUT2D eigenvalue weighted by Gasteiger charge is -2.29. The van der Waals surface area contributed by atoms with Gasteiger partial charge in [0.2, 0.25) is 0 Å². The predicted octanol–water partition coefficient (Wildman–Crippen LogP) is 4.54. The van der Waals surface area contributed by atoms with Gasteiger partial charge in [-0.2, -0.15) is 0 Å². The molecular weight excluding hydrogens is 390 g/mol. The topological polar surface area (TPSA) is 49.0 Å². The summed E-state index contributed by atoms with van der Waals surface area (Å²) in [6, 6.07) is 16.6. The minimum absolute atomic E-state index is 0.00114. The van der Waals surface area contributed by atoms with E-state index in [9.17, 15) is 0 Å². The Morgan fingerprint density at radius 3 is 2.65 bits per heavy atom. The van der Waals surface area contributed by atoms with E-state index in [2.05, 4.69) is 35.6 Å². The largest absolute Gasteiger partial charge is 0.493 e. The van der Waals surface area contributed by atoms with Gasteiger partial charge >= 0.3 is 0 Å². The third kappa shape index (κ3) is 4.28. The number of fused-ring (bicyclic) bond motifs is 3. The third-order valence-corrected chi connectivity index (χ3v) is 6.09. The van der Waals surface area contributed by atoms with Crippen molar-refractivity contribution in [1.29, 1.82) is 0 Å². The lowest BCUT2D eigenvalue weighted by Crippen LogP contribution is -2.39. The van der Waals surface area contributed by atoms with Gasteiger partial charge in [-0.3, -0.25) is 0 Å². The van der Waals surface area contributed by atoms with Gasteiger partial charge in [0, 0.05) is 18.5 Å². The molecule has 0 radical (unpaired) electrons. The van der Waals surface area contributed by atoms with Crippen LogP contribution in [0.5, 0.6) is 23.0 Å². The SMILES string of the molecule is COc1ccc2ccccc2c1OCCNC[C@H]1COc2cc3c(cc2O1)CCCC3. The fourth-order valence-electron chi connectivity index (χ4n) is 4.46. The molecule has 162 valence electrons. The fourth-order valence-corrected chi connectivity index (χ4v) is 4.46. The van der Waals surface area contributed by atoms with Crippen LogP contribution in [0.15, 0.2) is 48.5 Å². The lowest BCUT2D eigenvalue weighted by molar-refractivity contribution is 0.0894. The predicted molar refractivity (Wildman–Crippen MR) is 122 cm³/mol. The first-order valence-corrected chi connectivity index (χ1v) is 11.2. The molecule has 5 rings (SSSR count). The summed E-state index contributed by atoms with van der Waals surface area (Å²) in [7, 11) is 1.67. The molecule has 31 heavy (non-hydrogen) atoms. The molecule has 0 saturated carbocycles. The standard InChI is InChI=1S/C26H29NO4/c1-28-23-11-10-18-6-4-5-9-22(18)26(23)29-13-12-27-16-21-17-30-24-14-19-7-2-3-8-20(19)15-25(24)31-21/h4-6,9-11,14-15,21,27H,2-3,7-8,12-13,16-17H2,1H3/t21-/m0/s1. The minimum atomic E-state index is 0.00114. The molecule has 5 heteroatoms. The third-order valence-electron chi connectivity index (χ3n) is 6.09. The number of nitrogens with one attached hydrogen (secondary N) is 1. The Morgan fingerprint density at radius 1 is 1.00 bits per heavy atom. The van der Waals surface area contributed by atoms with Crippen molar-refractivity contribution >= 4 is 10.8 Å². The monoisotopic (exact) mass is 419 g/mol. The zero-order valence-electron chi connectivity index (χ0n) is 18.0. The zero-order valence-corrected chi connectivity index (χ0v) is 18.0. The van der Waals surface area contributed by atoms with Crippen LogP contribution in [0.3, 0.4) is 0 Å². The van der Waals surface area contributed by atoms with Crippen LogP contribution in [-0.2, 0) is 12.8 Å². The van der Waals surface area contributed by atoms with Crippen molar-refractivity contribution in [1.82, 2.24) is 5.32 Å². The van der Waals surface area contributed by atoms with Crippen molar-refractivity contribution in [3.8, 4) is 23.0 Å². The average Bonchev–Trinajstić information content (AvgIpc) is 2.82. The van der Waals surface area contributed by atoms with E-state index in [1.165, 1.54) is 24.0 Å². The van der Waals surface area contributed by atoms with Gasteiger partial charge in [0.15, 0.2) is 23.0 Å². The summed E-state index contributed by atoms with van der Waals surface area (Å²) < 4.78 is 23.8. The number of methoxy groups -OCH3 is 1. The molecule has 1 aliphatic heterocycles. The number of rotatable bonds is 7. The summed E-state index contributed by atoms with van der Waals surface area (Å²) in [5.41, 5.74) is 2.84. The maximum atomic E-state index is 6.21. The zero-order chi connectivity index (χ0) is 21.0. The number of hydrogen-bond donors (Lipinski definition) is 1. The molecule has 0 aromatic heterocycles. The summed E-state index contributed by atoms with van der Waals surface area (Å²) in [6.07, 6.45) is 4.83. The maximum Gasteiger partial charge on any atom is 0.169 e. The average molecular weight is 420 g/mol. The number of ether oxygens (including phenoxy) is 4. The summed E-state index contributed by atoms with van der Waals surface area (Å²) >= 11 is 0. The molecule has 1 N–H and O–H groups in total. The van der Waals surface area contributed by atoms with Gasteiger partial charge in [-0.05, 0) is 60.4 Å². The number of benzene rings is 3. The van der Waals surface area contributed by atoms with Gasteiger partial charge < -0.3 is 24.3 Å². The van der Waals surface area contributed by atoms with Crippen LogP contribution >= 0.6 is 0 Å². The molecule has 0 bridgehead atoms. The first-order chi connectivity index (χ1) is 15.3. The maximum absolute atomic E-state index is 6.21. The van der Waals surface area contributed by atoms with E-state index in [0.29, 0.717) is 26.3 Å². The quantitative estimate of drug-likeness (QED) is 0.570. The highest BCUT2D eigenvalue weighted by molar-refractivity contribution is 5.90. The van der Waals surface area contributed by atoms with Crippen molar-refractivity contribution < 1.29 is 18.9 Å². The van der Waals surface area contributed by atoms with Gasteiger partial charge in [-0.1, -0.05) is 30.3 Å². The molecule has 1 atom stereocenters. The second-order valence-electron chi connectivity index (χ2n) is 8.20. The second kappa shape index (κ2) is 9.06. The van der Waals surface area contributed by atoms with Crippen molar-refractivity contribution in [2.75, 3.05) is 33.4 Å². The summed E-state index contributed by atoms with van der Waals surface area (Å²) in [5, 5.41) is 5.63. The molecule has 1 aliphatic carbocycles. The molecule has 0 fully saturated rings. The van der Waals surface area contributed by atoms with Gasteiger partial charge in [0.1, 0.15) is 19.3 Å². The number of hydrogen-bond acceptors (Lipinski definition) is 5. The van der Waals surface area contributed by atoms with Crippen LogP contribution in [0.25, 0.3) is 10.8 Å². The molecule has 1 heterocycles. The molecule has 0 spiro atoms. The molecule has 3 aromatic rings. The van der Waals surface area contributed by atoms with E-state index in [4.69, 9.17) is 18.9 Å². The molecular formula is C26H29NO4. The van der Waals surface area contributed by atoms with Crippen molar-refractivity contribution in [3.05, 3.63) is 59.7 Å². The van der Waals surface area contributed by atoms with Gasteiger partial charge in [-0.15, -0.1) is 0 Å². The van der Waals surface area contributed by atoms with Crippen LogP contribution in [0.4, 0.5) is 0 Å². The van der Waals surface area contributed by atoms with Crippen LogP contribution in [0, 0.1) is 0 Å². The fraction of sp³-hybridized carbons (Fsp3) is 0.385. The Kier molecular flexibility index (Phi) is 5.85. The highest BCUT2D eigenvalue weighted by atomic mass is 16.6. The molecule has 0 saturated heterocycles. The van der Waals surface area contributed by atoms with Gasteiger partial charge in [0.05, 0.1) is 7.11 Å². The van der Waals surface area contributed by atoms with Crippen molar-refractivity contribution in [2.24, 2.45) is 0 Å². The van der Waals surface area contributed by atoms with Crippen LogP contribution in [-0.4, -0.2) is 39.5 Å². The van der Waals surface area contributed by atoms with E-state index in [-0.39, 0.29) is 6.10 Å². The minimum Gasteiger partial charge on any atom is -0.493 e. The first kappa shape index (κ1) is 20.0. The normalized spacial score (nSPS) is 17.3. The van der Waals surface area contributed by atoms with Crippen molar-refractivity contribution in [2.45, 2.75) is 31.8 Å². The van der Waals surface area contributed by atoms with E-state index in [1.54, 1.807) is 7.11 Å². The Labute approximate surface area is 183 Å². The highest BCUT2D eigenvalue weighted by Gasteiger charge is 2.23. The van der Waals surface area contributed by atoms with Crippen molar-refractivity contribution in [3.63, 3.8) is 0 Å². The Hall–Kier alpha value is -2.92. The van der Waals surface area contributed by atoms with Crippen LogP contribution < -0.4 is 24.3 Å². The van der Waals surface area contributed by atoms with Gasteiger partial charge in [0.25, 0.3) is 0 Å².